The highest BCUT2D eigenvalue weighted by Crippen LogP contribution is 2.00. The van der Waals surface area contributed by atoms with Crippen LogP contribution in [0.4, 0.5) is 0 Å². The minimum atomic E-state index is -0.554. The number of aliphatic hydroxyl groups is 1. The lowest BCUT2D eigenvalue weighted by molar-refractivity contribution is 0.170. The molecule has 0 aliphatic rings. The van der Waals surface area contributed by atoms with Gasteiger partial charge in [0.2, 0.25) is 0 Å². The molecule has 74 valence electrons. The number of aliphatic hydroxyl groups excluding tert-OH is 1. The largest absolute Gasteiger partial charge is 0.392 e. The fraction of sp³-hybridized carbons (Fsp3) is 0.429. The molecule has 0 saturated heterocycles. The summed E-state index contributed by atoms with van der Waals surface area (Å²) in [5.41, 5.74) is 0. The predicted molar refractivity (Wildman–Crippen MR) is 46.2 cm³/mol. The molecule has 0 spiro atoms. The molecule has 2 aromatic heterocycles. The highest BCUT2D eigenvalue weighted by atomic mass is 16.3. The number of nitrogens with zero attached hydrogens (tertiary/aromatic N) is 4. The Bertz CT molecular complexity index is 319. The molecule has 2 aromatic rings. The van der Waals surface area contributed by atoms with Crippen LogP contribution in [0.5, 0.6) is 0 Å². The molecule has 7 nitrogen and oxygen atoms in total. The molecule has 0 saturated carbocycles. The second-order valence-corrected chi connectivity index (χ2v) is 2.89. The van der Waals surface area contributed by atoms with Gasteiger partial charge in [-0.15, -0.1) is 0 Å². The number of aromatic nitrogens is 6. The van der Waals surface area contributed by atoms with E-state index in [1.165, 1.54) is 12.7 Å². The van der Waals surface area contributed by atoms with Gasteiger partial charge in [-0.2, -0.15) is 10.2 Å². The van der Waals surface area contributed by atoms with Gasteiger partial charge >= 0.3 is 0 Å². The molecule has 0 radical (unpaired) electrons. The summed E-state index contributed by atoms with van der Waals surface area (Å²) in [4.78, 5) is 7.82. The van der Waals surface area contributed by atoms with Crippen LogP contribution in [-0.2, 0) is 12.8 Å². The van der Waals surface area contributed by atoms with Crippen LogP contribution >= 0.6 is 0 Å². The summed E-state index contributed by atoms with van der Waals surface area (Å²) in [6.45, 7) is 0. The maximum atomic E-state index is 9.60. The topological polar surface area (TPSA) is 103 Å². The summed E-state index contributed by atoms with van der Waals surface area (Å²) in [6, 6.07) is 0. The van der Waals surface area contributed by atoms with Gasteiger partial charge in [-0.3, -0.25) is 10.2 Å². The van der Waals surface area contributed by atoms with E-state index in [0.29, 0.717) is 24.5 Å². The molecule has 3 N–H and O–H groups in total. The van der Waals surface area contributed by atoms with E-state index in [2.05, 4.69) is 30.4 Å². The summed E-state index contributed by atoms with van der Waals surface area (Å²) >= 11 is 0. The SMILES string of the molecule is OC(Cc1nc[nH]n1)Cc1nc[nH]n1. The van der Waals surface area contributed by atoms with Crippen molar-refractivity contribution in [1.82, 2.24) is 30.4 Å². The molecule has 7 heteroatoms. The van der Waals surface area contributed by atoms with Gasteiger partial charge < -0.3 is 5.11 Å². The summed E-state index contributed by atoms with van der Waals surface area (Å²) in [7, 11) is 0. The van der Waals surface area contributed by atoms with Crippen LogP contribution in [0.1, 0.15) is 11.6 Å². The average Bonchev–Trinajstić information content (AvgIpc) is 2.76. The number of rotatable bonds is 4. The Morgan fingerprint density at radius 2 is 1.57 bits per heavy atom. The minimum absolute atomic E-state index is 0.401. The monoisotopic (exact) mass is 194 g/mol. The third-order valence-electron chi connectivity index (χ3n) is 1.77. The maximum absolute atomic E-state index is 9.60. The lowest BCUT2D eigenvalue weighted by Gasteiger charge is -2.04. The Hall–Kier alpha value is -1.76. The highest BCUT2D eigenvalue weighted by Gasteiger charge is 2.10. The van der Waals surface area contributed by atoms with Gasteiger partial charge in [-0.25, -0.2) is 9.97 Å². The Morgan fingerprint density at radius 3 is 1.93 bits per heavy atom. The second kappa shape index (κ2) is 3.97. The molecule has 0 aliphatic carbocycles. The van der Waals surface area contributed by atoms with Crippen molar-refractivity contribution in [2.75, 3.05) is 0 Å². The van der Waals surface area contributed by atoms with E-state index in [-0.39, 0.29) is 0 Å². The standard InChI is InChI=1S/C7H10N6O/c14-5(1-6-8-3-10-12-6)2-7-9-4-11-13-7/h3-5,14H,1-2H2,(H,8,10,12)(H,9,11,13). The van der Waals surface area contributed by atoms with Gasteiger partial charge in [0.05, 0.1) is 6.10 Å². The molecule has 0 bridgehead atoms. The molecule has 0 aromatic carbocycles. The normalized spacial score (nSPS) is 11.0. The first kappa shape index (κ1) is 8.82. The van der Waals surface area contributed by atoms with Gasteiger partial charge in [0.25, 0.3) is 0 Å². The quantitative estimate of drug-likeness (QED) is 0.583. The average molecular weight is 194 g/mol. The molecular formula is C7H10N6O. The molecule has 0 atom stereocenters. The third-order valence-corrected chi connectivity index (χ3v) is 1.77. The molecular weight excluding hydrogens is 184 g/mol. The van der Waals surface area contributed by atoms with Crippen LogP contribution < -0.4 is 0 Å². The molecule has 0 fully saturated rings. The number of H-pyrrole nitrogens is 2. The lowest BCUT2D eigenvalue weighted by Crippen LogP contribution is -2.15. The first-order chi connectivity index (χ1) is 6.84. The summed E-state index contributed by atoms with van der Waals surface area (Å²) < 4.78 is 0. The van der Waals surface area contributed by atoms with Crippen LogP contribution in [0, 0.1) is 0 Å². The Labute approximate surface area is 79.6 Å². The zero-order chi connectivity index (χ0) is 9.80. The number of nitrogens with one attached hydrogen (secondary N) is 2. The van der Waals surface area contributed by atoms with Gasteiger partial charge in [-0.05, 0) is 0 Å². The minimum Gasteiger partial charge on any atom is -0.392 e. The van der Waals surface area contributed by atoms with Crippen LogP contribution in [0.2, 0.25) is 0 Å². The van der Waals surface area contributed by atoms with Crippen molar-refractivity contribution >= 4 is 0 Å². The van der Waals surface area contributed by atoms with Gasteiger partial charge in [0.1, 0.15) is 12.7 Å². The van der Waals surface area contributed by atoms with Crippen LogP contribution in [0.25, 0.3) is 0 Å². The highest BCUT2D eigenvalue weighted by molar-refractivity contribution is 4.89. The molecule has 0 unspecified atom stereocenters. The van der Waals surface area contributed by atoms with E-state index in [9.17, 15) is 5.11 Å². The first-order valence-electron chi connectivity index (χ1n) is 4.22. The van der Waals surface area contributed by atoms with E-state index >= 15 is 0 Å². The number of hydrogen-bond donors (Lipinski definition) is 3. The molecule has 2 rings (SSSR count). The zero-order valence-corrected chi connectivity index (χ0v) is 7.38. The Balaban J connectivity index is 1.88. The van der Waals surface area contributed by atoms with Crippen LogP contribution in [-0.4, -0.2) is 41.6 Å². The Morgan fingerprint density at radius 1 is 1.07 bits per heavy atom. The number of aromatic amines is 2. The molecule has 0 amide bonds. The van der Waals surface area contributed by atoms with E-state index in [4.69, 9.17) is 0 Å². The smallest absolute Gasteiger partial charge is 0.152 e. The van der Waals surface area contributed by atoms with Crippen molar-refractivity contribution in [3.63, 3.8) is 0 Å². The van der Waals surface area contributed by atoms with Crippen LogP contribution in [0.15, 0.2) is 12.7 Å². The van der Waals surface area contributed by atoms with E-state index in [1.807, 2.05) is 0 Å². The lowest BCUT2D eigenvalue weighted by atomic mass is 10.2. The van der Waals surface area contributed by atoms with Crippen molar-refractivity contribution in [3.05, 3.63) is 24.3 Å². The van der Waals surface area contributed by atoms with Crippen molar-refractivity contribution < 1.29 is 5.11 Å². The van der Waals surface area contributed by atoms with Crippen LogP contribution in [0.3, 0.4) is 0 Å². The fourth-order valence-electron chi connectivity index (χ4n) is 1.16. The third kappa shape index (κ3) is 2.13. The molecule has 0 aliphatic heterocycles. The van der Waals surface area contributed by atoms with E-state index < -0.39 is 6.10 Å². The predicted octanol–water partition coefficient (Wildman–Crippen LogP) is -0.931. The fourth-order valence-corrected chi connectivity index (χ4v) is 1.16. The summed E-state index contributed by atoms with van der Waals surface area (Å²) in [5, 5.41) is 22.5. The van der Waals surface area contributed by atoms with Gasteiger partial charge in [0.15, 0.2) is 11.6 Å². The first-order valence-corrected chi connectivity index (χ1v) is 4.22. The van der Waals surface area contributed by atoms with Crippen molar-refractivity contribution in [2.45, 2.75) is 18.9 Å². The van der Waals surface area contributed by atoms with Gasteiger partial charge in [0, 0.05) is 12.8 Å². The van der Waals surface area contributed by atoms with Crippen molar-refractivity contribution in [3.8, 4) is 0 Å². The zero-order valence-electron chi connectivity index (χ0n) is 7.38. The second-order valence-electron chi connectivity index (χ2n) is 2.89. The van der Waals surface area contributed by atoms with E-state index in [1.54, 1.807) is 0 Å². The van der Waals surface area contributed by atoms with Gasteiger partial charge in [-0.1, -0.05) is 0 Å². The molecule has 2 heterocycles. The van der Waals surface area contributed by atoms with E-state index in [0.717, 1.165) is 0 Å². The van der Waals surface area contributed by atoms with Crippen molar-refractivity contribution in [2.24, 2.45) is 0 Å². The Kier molecular flexibility index (Phi) is 2.50. The van der Waals surface area contributed by atoms with Crippen molar-refractivity contribution in [1.29, 1.82) is 0 Å². The maximum Gasteiger partial charge on any atom is 0.152 e. The summed E-state index contributed by atoms with van der Waals surface area (Å²) in [5.74, 6) is 1.18. The summed E-state index contributed by atoms with van der Waals surface area (Å²) in [6.07, 6.45) is 3.21. The number of hydrogen-bond acceptors (Lipinski definition) is 5. The molecule has 14 heavy (non-hydrogen) atoms.